The molecule has 1 aromatic heterocycles. The van der Waals surface area contributed by atoms with Crippen LogP contribution in [0, 0.1) is 5.92 Å². The Hall–Kier alpha value is -2.39. The standard InChI is InChI=1S/C20H25Cl2N5O4S.C2H6O3S/c1-31-20-24-17(23-8-7-13-5-6-15(21)10-16(13)22)11-18(25-20)27-9-3-4-14(12-27)19(28)26-32(2,29)30;1-2-6(3,4)5/h5-6,10-11,14H,3-4,7-9,12H2,1-2H3,(H,26,28)(H,23,24,25);2H2,1H3,(H,3,4,5). The maximum Gasteiger partial charge on any atom is 0.320 e. The number of rotatable bonds is 9. The molecule has 3 N–H and O–H groups in total. The van der Waals surface area contributed by atoms with Crippen molar-refractivity contribution in [2.45, 2.75) is 26.2 Å². The summed E-state index contributed by atoms with van der Waals surface area (Å²) in [6.07, 6.45) is 2.96. The number of sulfonamides is 1. The summed E-state index contributed by atoms with van der Waals surface area (Å²) < 4.78 is 57.0. The minimum absolute atomic E-state index is 0.192. The van der Waals surface area contributed by atoms with Gasteiger partial charge in [-0.05, 0) is 43.9 Å². The number of hydrogen-bond acceptors (Lipinski definition) is 10. The molecular weight excluding hydrogens is 581 g/mol. The van der Waals surface area contributed by atoms with E-state index in [1.165, 1.54) is 14.0 Å². The molecule has 0 aliphatic carbocycles. The Bertz CT molecular complexity index is 1330. The molecular formula is C22H31Cl2N5O7S2. The molecule has 212 valence electrons. The molecule has 0 radical (unpaired) electrons. The van der Waals surface area contributed by atoms with Gasteiger partial charge >= 0.3 is 6.01 Å². The van der Waals surface area contributed by atoms with Gasteiger partial charge in [0.25, 0.3) is 10.1 Å². The van der Waals surface area contributed by atoms with Crippen LogP contribution in [0.2, 0.25) is 10.0 Å². The van der Waals surface area contributed by atoms with Crippen LogP contribution in [0.1, 0.15) is 25.3 Å². The van der Waals surface area contributed by atoms with Crippen molar-refractivity contribution in [3.05, 3.63) is 39.9 Å². The normalized spacial score (nSPS) is 15.7. The Labute approximate surface area is 232 Å². The number of amides is 1. The maximum atomic E-state index is 12.3. The van der Waals surface area contributed by atoms with Crippen LogP contribution in [0.4, 0.5) is 11.6 Å². The largest absolute Gasteiger partial charge is 0.467 e. The highest BCUT2D eigenvalue weighted by molar-refractivity contribution is 7.89. The van der Waals surface area contributed by atoms with Crippen molar-refractivity contribution < 1.29 is 30.9 Å². The average Bonchev–Trinajstić information content (AvgIpc) is 2.84. The number of piperidine rings is 1. The smallest absolute Gasteiger partial charge is 0.320 e. The summed E-state index contributed by atoms with van der Waals surface area (Å²) in [6, 6.07) is 7.35. The van der Waals surface area contributed by atoms with Gasteiger partial charge in [-0.1, -0.05) is 29.3 Å². The highest BCUT2D eigenvalue weighted by atomic mass is 35.5. The van der Waals surface area contributed by atoms with E-state index >= 15 is 0 Å². The van der Waals surface area contributed by atoms with Gasteiger partial charge in [0, 0.05) is 35.7 Å². The number of anilines is 2. The number of nitrogens with one attached hydrogen (secondary N) is 2. The molecule has 1 fully saturated rings. The lowest BCUT2D eigenvalue weighted by Crippen LogP contribution is -2.44. The minimum atomic E-state index is -3.66. The van der Waals surface area contributed by atoms with Gasteiger partial charge in [0.1, 0.15) is 11.6 Å². The SMILES string of the molecule is CCS(=O)(=O)O.COc1nc(NCCc2ccc(Cl)cc2Cl)cc(N2CCCC(C(=O)NS(C)(=O)=O)C2)n1. The van der Waals surface area contributed by atoms with Gasteiger partial charge in [-0.15, -0.1) is 0 Å². The molecule has 1 amide bonds. The number of carbonyl (C=O) groups is 1. The fraction of sp³-hybridized carbons (Fsp3) is 0.500. The topological polar surface area (TPSA) is 168 Å². The number of nitrogens with zero attached hydrogens (tertiary/aromatic N) is 3. The van der Waals surface area contributed by atoms with Crippen LogP contribution in [0.25, 0.3) is 0 Å². The number of ether oxygens (including phenoxy) is 1. The second-order valence-corrected chi connectivity index (χ2v) is 12.7. The highest BCUT2D eigenvalue weighted by Gasteiger charge is 2.28. The number of aromatic nitrogens is 2. The maximum absolute atomic E-state index is 12.3. The zero-order chi connectivity index (χ0) is 28.5. The molecule has 1 atom stereocenters. The van der Waals surface area contributed by atoms with Crippen LogP contribution in [0.3, 0.4) is 0 Å². The molecule has 1 aromatic carbocycles. The summed E-state index contributed by atoms with van der Waals surface area (Å²) in [5, 5.41) is 4.44. The minimum Gasteiger partial charge on any atom is -0.467 e. The van der Waals surface area contributed by atoms with Gasteiger partial charge in [0.15, 0.2) is 0 Å². The first kappa shape index (κ1) is 31.8. The van der Waals surface area contributed by atoms with Crippen molar-refractivity contribution in [3.63, 3.8) is 0 Å². The number of benzene rings is 1. The second-order valence-electron chi connectivity index (χ2n) is 8.40. The van der Waals surface area contributed by atoms with Gasteiger partial charge in [0.05, 0.1) is 25.0 Å². The van der Waals surface area contributed by atoms with Crippen LogP contribution < -0.4 is 19.7 Å². The number of methoxy groups -OCH3 is 1. The number of carbonyl (C=O) groups excluding carboxylic acids is 1. The van der Waals surface area contributed by atoms with E-state index in [0.717, 1.165) is 18.2 Å². The summed E-state index contributed by atoms with van der Waals surface area (Å²) in [6.45, 7) is 2.97. The Kier molecular flexibility index (Phi) is 11.8. The first-order valence-corrected chi connectivity index (χ1v) is 15.8. The summed E-state index contributed by atoms with van der Waals surface area (Å²) >= 11 is 12.2. The summed E-state index contributed by atoms with van der Waals surface area (Å²) in [7, 11) is -5.78. The van der Waals surface area contributed by atoms with E-state index in [2.05, 4.69) is 20.0 Å². The lowest BCUT2D eigenvalue weighted by Gasteiger charge is -2.32. The Morgan fingerprint density at radius 1 is 1.21 bits per heavy atom. The summed E-state index contributed by atoms with van der Waals surface area (Å²) in [4.78, 5) is 23.0. The third kappa shape index (κ3) is 11.2. The van der Waals surface area contributed by atoms with Gasteiger partial charge in [-0.25, -0.2) is 8.42 Å². The van der Waals surface area contributed by atoms with E-state index in [4.69, 9.17) is 32.5 Å². The molecule has 0 spiro atoms. The van der Waals surface area contributed by atoms with Crippen LogP contribution in [0.15, 0.2) is 24.3 Å². The van der Waals surface area contributed by atoms with Crippen molar-refractivity contribution in [2.75, 3.05) is 49.0 Å². The summed E-state index contributed by atoms with van der Waals surface area (Å²) in [5.74, 6) is 0.00665. The molecule has 0 saturated carbocycles. The first-order valence-electron chi connectivity index (χ1n) is 11.5. The molecule has 1 aliphatic heterocycles. The van der Waals surface area contributed by atoms with Gasteiger partial charge in [-0.3, -0.25) is 14.1 Å². The quantitative estimate of drug-likeness (QED) is 0.356. The van der Waals surface area contributed by atoms with Crippen LogP contribution in [-0.4, -0.2) is 76.0 Å². The van der Waals surface area contributed by atoms with E-state index in [-0.39, 0.29) is 11.8 Å². The van der Waals surface area contributed by atoms with E-state index in [1.54, 1.807) is 18.2 Å². The molecule has 38 heavy (non-hydrogen) atoms. The molecule has 0 bridgehead atoms. The highest BCUT2D eigenvalue weighted by Crippen LogP contribution is 2.26. The molecule has 2 aromatic rings. The van der Waals surface area contributed by atoms with Gasteiger partial charge in [0.2, 0.25) is 15.9 Å². The molecule has 1 unspecified atom stereocenters. The van der Waals surface area contributed by atoms with Crippen LogP contribution in [-0.2, 0) is 31.4 Å². The Morgan fingerprint density at radius 2 is 1.89 bits per heavy atom. The second kappa shape index (κ2) is 14.1. The zero-order valence-electron chi connectivity index (χ0n) is 21.1. The molecule has 1 saturated heterocycles. The lowest BCUT2D eigenvalue weighted by molar-refractivity contribution is -0.123. The van der Waals surface area contributed by atoms with Crippen molar-refractivity contribution in [1.29, 1.82) is 0 Å². The van der Waals surface area contributed by atoms with Crippen molar-refractivity contribution in [2.24, 2.45) is 5.92 Å². The third-order valence-electron chi connectivity index (χ3n) is 5.36. The van der Waals surface area contributed by atoms with Crippen molar-refractivity contribution in [1.82, 2.24) is 14.7 Å². The fourth-order valence-electron chi connectivity index (χ4n) is 3.47. The summed E-state index contributed by atoms with van der Waals surface area (Å²) in [5.41, 5.74) is 0.959. The van der Waals surface area contributed by atoms with Crippen LogP contribution >= 0.6 is 23.2 Å². The van der Waals surface area contributed by atoms with E-state index in [9.17, 15) is 21.6 Å². The van der Waals surface area contributed by atoms with Crippen LogP contribution in [0.5, 0.6) is 6.01 Å². The van der Waals surface area contributed by atoms with Gasteiger partial charge in [-0.2, -0.15) is 18.4 Å². The number of hydrogen-bond donors (Lipinski definition) is 3. The Morgan fingerprint density at radius 3 is 2.47 bits per heavy atom. The van der Waals surface area contributed by atoms with E-state index in [0.29, 0.717) is 54.2 Å². The molecule has 16 heteroatoms. The lowest BCUT2D eigenvalue weighted by atomic mass is 9.97. The first-order chi connectivity index (χ1) is 17.7. The predicted octanol–water partition coefficient (Wildman–Crippen LogP) is 2.63. The van der Waals surface area contributed by atoms with Crippen molar-refractivity contribution in [3.8, 4) is 6.01 Å². The zero-order valence-corrected chi connectivity index (χ0v) is 24.3. The molecule has 2 heterocycles. The Balaban J connectivity index is 0.000000757. The number of halogens is 2. The monoisotopic (exact) mass is 611 g/mol. The van der Waals surface area contributed by atoms with Gasteiger partial charge < -0.3 is 15.0 Å². The molecule has 1 aliphatic rings. The third-order valence-corrected chi connectivity index (χ3v) is 7.25. The van der Waals surface area contributed by atoms with E-state index < -0.39 is 32.0 Å². The molecule has 3 rings (SSSR count). The van der Waals surface area contributed by atoms with E-state index in [1.807, 2.05) is 11.0 Å². The average molecular weight is 613 g/mol. The predicted molar refractivity (Wildman–Crippen MR) is 147 cm³/mol. The van der Waals surface area contributed by atoms with Crippen molar-refractivity contribution >= 4 is 60.9 Å². The fourth-order valence-corrected chi connectivity index (χ4v) is 4.51. The molecule has 12 nitrogen and oxygen atoms in total.